The molecule has 0 spiro atoms. The summed E-state index contributed by atoms with van der Waals surface area (Å²) >= 11 is 12.1. The Morgan fingerprint density at radius 1 is 1.03 bits per heavy atom. The number of nitrogens with zero attached hydrogens (tertiary/aromatic N) is 4. The van der Waals surface area contributed by atoms with Crippen molar-refractivity contribution in [3.8, 4) is 5.75 Å². The molecule has 0 aliphatic heterocycles. The number of hydrogen-bond acceptors (Lipinski definition) is 7. The molecular formula is C26H27Cl2N7O4. The Kier molecular flexibility index (Phi) is 9.29. The van der Waals surface area contributed by atoms with Crippen LogP contribution in [0.4, 0.5) is 5.95 Å². The van der Waals surface area contributed by atoms with Crippen LogP contribution in [0.1, 0.15) is 16.9 Å². The summed E-state index contributed by atoms with van der Waals surface area (Å²) in [7, 11) is 1.58. The van der Waals surface area contributed by atoms with E-state index in [9.17, 15) is 9.59 Å². The van der Waals surface area contributed by atoms with Gasteiger partial charge in [-0.05, 0) is 47.5 Å². The molecule has 0 saturated heterocycles. The quantitative estimate of drug-likeness (QED) is 0.142. The maximum Gasteiger partial charge on any atom is 0.355 e. The van der Waals surface area contributed by atoms with Crippen LogP contribution in [0.3, 0.4) is 0 Å². The monoisotopic (exact) mass is 571 g/mol. The Labute approximate surface area is 233 Å². The van der Waals surface area contributed by atoms with E-state index in [-0.39, 0.29) is 25.0 Å². The predicted molar refractivity (Wildman–Crippen MR) is 151 cm³/mol. The van der Waals surface area contributed by atoms with Gasteiger partial charge >= 0.3 is 11.4 Å². The van der Waals surface area contributed by atoms with Crippen LogP contribution >= 0.6 is 23.2 Å². The van der Waals surface area contributed by atoms with E-state index in [0.29, 0.717) is 46.8 Å². The van der Waals surface area contributed by atoms with E-state index in [1.54, 1.807) is 55.8 Å². The average Bonchev–Trinajstić information content (AvgIpc) is 3.46. The van der Waals surface area contributed by atoms with Gasteiger partial charge in [0, 0.05) is 13.1 Å². The SMILES string of the molecule is COc1ccc(Cn2c(NCCNC(N)=NCc3ccco3)nc(=O)n(Cc3ccc(Cl)c(Cl)c3)c2=O)cc1. The van der Waals surface area contributed by atoms with Crippen LogP contribution in [-0.4, -0.2) is 40.3 Å². The molecule has 39 heavy (non-hydrogen) atoms. The van der Waals surface area contributed by atoms with Crippen LogP contribution in [-0.2, 0) is 19.6 Å². The molecular weight excluding hydrogens is 545 g/mol. The van der Waals surface area contributed by atoms with Gasteiger partial charge in [-0.25, -0.2) is 19.1 Å². The predicted octanol–water partition coefficient (Wildman–Crippen LogP) is 2.93. The number of benzene rings is 2. The van der Waals surface area contributed by atoms with Crippen LogP contribution < -0.4 is 32.5 Å². The maximum absolute atomic E-state index is 13.5. The van der Waals surface area contributed by atoms with E-state index in [0.717, 1.165) is 10.1 Å². The summed E-state index contributed by atoms with van der Waals surface area (Å²) < 4.78 is 12.9. The van der Waals surface area contributed by atoms with Gasteiger partial charge in [-0.15, -0.1) is 0 Å². The fourth-order valence-electron chi connectivity index (χ4n) is 3.66. The summed E-state index contributed by atoms with van der Waals surface area (Å²) in [6.07, 6.45) is 1.56. The summed E-state index contributed by atoms with van der Waals surface area (Å²) in [6.45, 7) is 1.12. The van der Waals surface area contributed by atoms with Gasteiger partial charge in [0.2, 0.25) is 5.95 Å². The molecule has 0 aliphatic rings. The number of anilines is 1. The van der Waals surface area contributed by atoms with Crippen LogP contribution in [0.25, 0.3) is 0 Å². The van der Waals surface area contributed by atoms with E-state index in [1.807, 2.05) is 12.1 Å². The van der Waals surface area contributed by atoms with Crippen molar-refractivity contribution < 1.29 is 9.15 Å². The first kappa shape index (κ1) is 27.8. The molecule has 0 atom stereocenters. The molecule has 4 aromatic rings. The lowest BCUT2D eigenvalue weighted by atomic mass is 10.2. The first-order valence-corrected chi connectivity index (χ1v) is 12.7. The lowest BCUT2D eigenvalue weighted by Gasteiger charge is -2.16. The smallest absolute Gasteiger partial charge is 0.355 e. The van der Waals surface area contributed by atoms with Crippen molar-refractivity contribution >= 4 is 35.1 Å². The number of nitrogens with one attached hydrogen (secondary N) is 2. The Bertz CT molecular complexity index is 1550. The van der Waals surface area contributed by atoms with Crippen molar-refractivity contribution in [2.75, 3.05) is 25.5 Å². The zero-order valence-corrected chi connectivity index (χ0v) is 22.6. The van der Waals surface area contributed by atoms with E-state index in [2.05, 4.69) is 20.6 Å². The lowest BCUT2D eigenvalue weighted by molar-refractivity contribution is 0.414. The molecule has 0 fully saturated rings. The topological polar surface area (TPSA) is 142 Å². The highest BCUT2D eigenvalue weighted by atomic mass is 35.5. The minimum atomic E-state index is -0.702. The van der Waals surface area contributed by atoms with Gasteiger partial charge in [0.1, 0.15) is 18.1 Å². The molecule has 0 aliphatic carbocycles. The summed E-state index contributed by atoms with van der Waals surface area (Å²) in [5.74, 6) is 1.73. The first-order chi connectivity index (χ1) is 18.8. The number of rotatable bonds is 11. The molecule has 204 valence electrons. The Morgan fingerprint density at radius 3 is 2.46 bits per heavy atom. The van der Waals surface area contributed by atoms with E-state index in [4.69, 9.17) is 38.1 Å². The number of halogens is 2. The third-order valence-electron chi connectivity index (χ3n) is 5.67. The molecule has 2 heterocycles. The highest BCUT2D eigenvalue weighted by Crippen LogP contribution is 2.22. The molecule has 2 aromatic carbocycles. The standard InChI is InChI=1S/C26H27Cl2N7O4/c1-38-19-7-4-17(5-8-19)15-34-24(31-11-10-30-23(29)32-14-20-3-2-12-39-20)33-25(36)35(26(34)37)16-18-6-9-21(27)22(28)13-18/h2-9,12-13H,10-11,14-16H2,1H3,(H3,29,30,32)(H,31,33,36). The second kappa shape index (κ2) is 13.0. The Balaban J connectivity index is 1.54. The van der Waals surface area contributed by atoms with Crippen LogP contribution in [0.2, 0.25) is 10.0 Å². The molecule has 0 amide bonds. The highest BCUT2D eigenvalue weighted by molar-refractivity contribution is 6.42. The van der Waals surface area contributed by atoms with Gasteiger partial charge in [-0.2, -0.15) is 4.98 Å². The van der Waals surface area contributed by atoms with Crippen molar-refractivity contribution in [1.82, 2.24) is 19.4 Å². The van der Waals surface area contributed by atoms with E-state index in [1.165, 1.54) is 4.57 Å². The second-order valence-corrected chi connectivity index (χ2v) is 9.22. The van der Waals surface area contributed by atoms with Gasteiger partial charge in [-0.1, -0.05) is 41.4 Å². The molecule has 0 unspecified atom stereocenters. The van der Waals surface area contributed by atoms with E-state index < -0.39 is 11.4 Å². The first-order valence-electron chi connectivity index (χ1n) is 11.9. The minimum Gasteiger partial charge on any atom is -0.497 e. The maximum atomic E-state index is 13.5. The number of furan rings is 1. The number of nitrogens with two attached hydrogens (primary N) is 1. The molecule has 2 aromatic heterocycles. The average molecular weight is 572 g/mol. The highest BCUT2D eigenvalue weighted by Gasteiger charge is 2.15. The fourth-order valence-corrected chi connectivity index (χ4v) is 3.98. The number of ether oxygens (including phenoxy) is 1. The van der Waals surface area contributed by atoms with Gasteiger partial charge in [-0.3, -0.25) is 4.57 Å². The molecule has 11 nitrogen and oxygen atoms in total. The lowest BCUT2D eigenvalue weighted by Crippen LogP contribution is -2.44. The van der Waals surface area contributed by atoms with Crippen molar-refractivity contribution in [3.63, 3.8) is 0 Å². The number of hydrogen-bond donors (Lipinski definition) is 3. The molecule has 4 N–H and O–H groups in total. The summed E-state index contributed by atoms with van der Waals surface area (Å²) in [5, 5.41) is 6.73. The second-order valence-electron chi connectivity index (χ2n) is 8.40. The van der Waals surface area contributed by atoms with Gasteiger partial charge in [0.05, 0.1) is 36.5 Å². The van der Waals surface area contributed by atoms with Gasteiger partial charge in [0.15, 0.2) is 5.96 Å². The summed E-state index contributed by atoms with van der Waals surface area (Å²) in [4.78, 5) is 34.8. The fraction of sp³-hybridized carbons (Fsp3) is 0.231. The number of guanidine groups is 1. The summed E-state index contributed by atoms with van der Waals surface area (Å²) in [5.41, 5.74) is 6.12. The van der Waals surface area contributed by atoms with Crippen molar-refractivity contribution in [2.45, 2.75) is 19.6 Å². The van der Waals surface area contributed by atoms with Crippen molar-refractivity contribution in [3.05, 3.63) is 109 Å². The minimum absolute atomic E-state index is 0.0192. The third-order valence-corrected chi connectivity index (χ3v) is 6.41. The molecule has 4 rings (SSSR count). The zero-order valence-electron chi connectivity index (χ0n) is 21.1. The Morgan fingerprint density at radius 2 is 1.77 bits per heavy atom. The van der Waals surface area contributed by atoms with Crippen molar-refractivity contribution in [1.29, 1.82) is 0 Å². The van der Waals surface area contributed by atoms with Gasteiger partial charge in [0.25, 0.3) is 0 Å². The molecule has 0 saturated carbocycles. The summed E-state index contributed by atoms with van der Waals surface area (Å²) in [6, 6.07) is 15.7. The van der Waals surface area contributed by atoms with Crippen LogP contribution in [0, 0.1) is 0 Å². The van der Waals surface area contributed by atoms with Crippen LogP contribution in [0.5, 0.6) is 5.75 Å². The van der Waals surface area contributed by atoms with Gasteiger partial charge < -0.3 is 25.5 Å². The van der Waals surface area contributed by atoms with Crippen molar-refractivity contribution in [2.24, 2.45) is 10.7 Å². The largest absolute Gasteiger partial charge is 0.497 e. The normalized spacial score (nSPS) is 11.4. The zero-order chi connectivity index (χ0) is 27.8. The number of aliphatic imine (C=N–C) groups is 1. The molecule has 0 bridgehead atoms. The molecule has 0 radical (unpaired) electrons. The van der Waals surface area contributed by atoms with Crippen LogP contribution in [0.15, 0.2) is 79.9 Å². The molecule has 13 heteroatoms. The number of methoxy groups -OCH3 is 1. The van der Waals surface area contributed by atoms with E-state index >= 15 is 0 Å². The Hall–Kier alpha value is -4.22. The third kappa shape index (κ3) is 7.43. The number of aromatic nitrogens is 3.